The first kappa shape index (κ1) is 15.4. The number of amides is 2. The normalized spacial score (nSPS) is 10.4. The Balaban J connectivity index is 2.34. The molecule has 0 atom stereocenters. The summed E-state index contributed by atoms with van der Waals surface area (Å²) in [5.74, 6) is -0.457. The molecule has 0 unspecified atom stereocenters. The largest absolute Gasteiger partial charge is 0.354 e. The van der Waals surface area contributed by atoms with E-state index in [0.717, 1.165) is 6.42 Å². The van der Waals surface area contributed by atoms with Crippen molar-refractivity contribution >= 4 is 27.7 Å². The number of hydrogen-bond donors (Lipinski definition) is 2. The van der Waals surface area contributed by atoms with Gasteiger partial charge in [-0.05, 0) is 41.4 Å². The van der Waals surface area contributed by atoms with Crippen LogP contribution in [0.15, 0.2) is 40.9 Å². The highest BCUT2D eigenvalue weighted by Crippen LogP contribution is 2.15. The van der Waals surface area contributed by atoms with E-state index in [-0.39, 0.29) is 18.4 Å². The third-order valence-electron chi connectivity index (χ3n) is 2.40. The molecule has 102 valence electrons. The van der Waals surface area contributed by atoms with Gasteiger partial charge in [-0.1, -0.05) is 24.3 Å². The maximum absolute atomic E-state index is 11.8. The molecule has 1 rings (SSSR count). The van der Waals surface area contributed by atoms with Gasteiger partial charge in [-0.2, -0.15) is 0 Å². The molecule has 0 saturated heterocycles. The Morgan fingerprint density at radius 1 is 1.26 bits per heavy atom. The Labute approximate surface area is 121 Å². The van der Waals surface area contributed by atoms with Gasteiger partial charge in [-0.15, -0.1) is 0 Å². The average molecular weight is 325 g/mol. The molecule has 2 amide bonds. The molecular weight excluding hydrogens is 308 g/mol. The molecule has 0 fully saturated rings. The summed E-state index contributed by atoms with van der Waals surface area (Å²) in [5, 5.41) is 5.30. The van der Waals surface area contributed by atoms with E-state index in [9.17, 15) is 9.59 Å². The summed E-state index contributed by atoms with van der Waals surface area (Å²) >= 11 is 3.29. The van der Waals surface area contributed by atoms with Crippen molar-refractivity contribution in [1.82, 2.24) is 10.6 Å². The van der Waals surface area contributed by atoms with Gasteiger partial charge in [0, 0.05) is 11.0 Å². The lowest BCUT2D eigenvalue weighted by Crippen LogP contribution is -2.37. The minimum absolute atomic E-state index is 0.0179. The van der Waals surface area contributed by atoms with Crippen LogP contribution in [0.4, 0.5) is 0 Å². The highest BCUT2D eigenvalue weighted by Gasteiger charge is 2.10. The minimum atomic E-state index is -0.268. The third kappa shape index (κ3) is 5.70. The SMILES string of the molecule is C/C=C/CCNC(=O)CNC(=O)c1ccccc1Br. The summed E-state index contributed by atoms with van der Waals surface area (Å²) < 4.78 is 0.709. The highest BCUT2D eigenvalue weighted by molar-refractivity contribution is 9.10. The molecule has 2 N–H and O–H groups in total. The monoisotopic (exact) mass is 324 g/mol. The van der Waals surface area contributed by atoms with E-state index in [4.69, 9.17) is 0 Å². The average Bonchev–Trinajstić information content (AvgIpc) is 2.41. The molecule has 1 aromatic rings. The Morgan fingerprint density at radius 3 is 2.68 bits per heavy atom. The molecule has 0 spiro atoms. The quantitative estimate of drug-likeness (QED) is 0.623. The lowest BCUT2D eigenvalue weighted by molar-refractivity contribution is -0.120. The van der Waals surface area contributed by atoms with Gasteiger partial charge in [0.25, 0.3) is 5.91 Å². The second-order valence-corrected chi connectivity index (χ2v) is 4.72. The van der Waals surface area contributed by atoms with Crippen molar-refractivity contribution in [3.8, 4) is 0 Å². The molecule has 5 heteroatoms. The molecular formula is C14H17BrN2O2. The number of benzene rings is 1. The lowest BCUT2D eigenvalue weighted by atomic mass is 10.2. The second-order valence-electron chi connectivity index (χ2n) is 3.87. The van der Waals surface area contributed by atoms with Crippen LogP contribution in [0.25, 0.3) is 0 Å². The van der Waals surface area contributed by atoms with Crippen molar-refractivity contribution < 1.29 is 9.59 Å². The first-order valence-corrected chi connectivity index (χ1v) is 6.85. The third-order valence-corrected chi connectivity index (χ3v) is 3.09. The van der Waals surface area contributed by atoms with Crippen LogP contribution in [-0.2, 0) is 4.79 Å². The van der Waals surface area contributed by atoms with Crippen LogP contribution in [0.1, 0.15) is 23.7 Å². The van der Waals surface area contributed by atoms with Gasteiger partial charge < -0.3 is 10.6 Å². The van der Waals surface area contributed by atoms with Gasteiger partial charge in [0.1, 0.15) is 0 Å². The first-order chi connectivity index (χ1) is 9.15. The van der Waals surface area contributed by atoms with Gasteiger partial charge in [-0.3, -0.25) is 9.59 Å². The first-order valence-electron chi connectivity index (χ1n) is 6.05. The number of nitrogens with one attached hydrogen (secondary N) is 2. The van der Waals surface area contributed by atoms with Crippen molar-refractivity contribution in [2.24, 2.45) is 0 Å². The number of hydrogen-bond acceptors (Lipinski definition) is 2. The summed E-state index contributed by atoms with van der Waals surface area (Å²) in [6.07, 6.45) is 4.70. The molecule has 0 heterocycles. The van der Waals surface area contributed by atoms with Crippen LogP contribution < -0.4 is 10.6 Å². The van der Waals surface area contributed by atoms with Gasteiger partial charge in [0.15, 0.2) is 0 Å². The number of halogens is 1. The number of allylic oxidation sites excluding steroid dienone is 1. The van der Waals surface area contributed by atoms with Crippen molar-refractivity contribution in [3.63, 3.8) is 0 Å². The fraction of sp³-hybridized carbons (Fsp3) is 0.286. The second kappa shape index (κ2) is 8.48. The van der Waals surface area contributed by atoms with E-state index < -0.39 is 0 Å². The summed E-state index contributed by atoms with van der Waals surface area (Å²) in [6, 6.07) is 7.08. The standard InChI is InChI=1S/C14H17BrN2O2/c1-2-3-6-9-16-13(18)10-17-14(19)11-7-4-5-8-12(11)15/h2-5,7-8H,6,9-10H2,1H3,(H,16,18)(H,17,19)/b3-2+. The molecule has 0 aliphatic carbocycles. The molecule has 1 aromatic carbocycles. The zero-order chi connectivity index (χ0) is 14.1. The van der Waals surface area contributed by atoms with Crippen LogP contribution >= 0.6 is 15.9 Å². The molecule has 0 aliphatic rings. The number of carbonyl (C=O) groups is 2. The van der Waals surface area contributed by atoms with Crippen LogP contribution in [-0.4, -0.2) is 24.9 Å². The maximum Gasteiger partial charge on any atom is 0.252 e. The molecule has 0 saturated carbocycles. The lowest BCUT2D eigenvalue weighted by Gasteiger charge is -2.07. The fourth-order valence-corrected chi connectivity index (χ4v) is 1.89. The van der Waals surface area contributed by atoms with Gasteiger partial charge in [0.05, 0.1) is 12.1 Å². The molecule has 4 nitrogen and oxygen atoms in total. The fourth-order valence-electron chi connectivity index (χ4n) is 1.43. The van der Waals surface area contributed by atoms with E-state index >= 15 is 0 Å². The number of rotatable bonds is 6. The van der Waals surface area contributed by atoms with Gasteiger partial charge in [-0.25, -0.2) is 0 Å². The van der Waals surface area contributed by atoms with Crippen molar-refractivity contribution in [3.05, 3.63) is 46.5 Å². The Bertz CT molecular complexity index is 472. The van der Waals surface area contributed by atoms with Crippen LogP contribution in [0.3, 0.4) is 0 Å². The Morgan fingerprint density at radius 2 is 2.00 bits per heavy atom. The molecule has 0 aromatic heterocycles. The van der Waals surface area contributed by atoms with E-state index in [1.165, 1.54) is 0 Å². The van der Waals surface area contributed by atoms with E-state index in [0.29, 0.717) is 16.6 Å². The predicted molar refractivity (Wildman–Crippen MR) is 78.9 cm³/mol. The zero-order valence-electron chi connectivity index (χ0n) is 10.8. The Kier molecular flexibility index (Phi) is 6.89. The molecule has 19 heavy (non-hydrogen) atoms. The maximum atomic E-state index is 11.8. The van der Waals surface area contributed by atoms with Gasteiger partial charge >= 0.3 is 0 Å². The van der Waals surface area contributed by atoms with Crippen LogP contribution in [0, 0.1) is 0 Å². The van der Waals surface area contributed by atoms with Crippen molar-refractivity contribution in [2.75, 3.05) is 13.1 Å². The Hall–Kier alpha value is -1.62. The summed E-state index contributed by atoms with van der Waals surface area (Å²) in [6.45, 7) is 2.49. The summed E-state index contributed by atoms with van der Waals surface area (Å²) in [5.41, 5.74) is 0.518. The van der Waals surface area contributed by atoms with Gasteiger partial charge in [0.2, 0.25) is 5.91 Å². The zero-order valence-corrected chi connectivity index (χ0v) is 12.4. The molecule has 0 bridgehead atoms. The topological polar surface area (TPSA) is 58.2 Å². The van der Waals surface area contributed by atoms with Crippen LogP contribution in [0.5, 0.6) is 0 Å². The van der Waals surface area contributed by atoms with E-state index in [1.54, 1.807) is 18.2 Å². The minimum Gasteiger partial charge on any atom is -0.354 e. The van der Waals surface area contributed by atoms with E-state index in [1.807, 2.05) is 25.1 Å². The predicted octanol–water partition coefficient (Wildman–Crippen LogP) is 2.26. The molecule has 0 radical (unpaired) electrons. The summed E-state index contributed by atoms with van der Waals surface area (Å²) in [4.78, 5) is 23.3. The van der Waals surface area contributed by atoms with Crippen molar-refractivity contribution in [1.29, 1.82) is 0 Å². The van der Waals surface area contributed by atoms with E-state index in [2.05, 4.69) is 26.6 Å². The van der Waals surface area contributed by atoms with Crippen LogP contribution in [0.2, 0.25) is 0 Å². The van der Waals surface area contributed by atoms with Crippen molar-refractivity contribution in [2.45, 2.75) is 13.3 Å². The highest BCUT2D eigenvalue weighted by atomic mass is 79.9. The summed E-state index contributed by atoms with van der Waals surface area (Å²) in [7, 11) is 0. The molecule has 0 aliphatic heterocycles. The smallest absolute Gasteiger partial charge is 0.252 e. The number of carbonyl (C=O) groups excluding carboxylic acids is 2.